The number of thiocarbonyl (C=S) groups is 3. The fourth-order valence-electron chi connectivity index (χ4n) is 2.37. The number of rotatable bonds is 18. The molecule has 0 aliphatic carbocycles. The summed E-state index contributed by atoms with van der Waals surface area (Å²) in [6, 6.07) is 0. The molecule has 0 unspecified atom stereocenters. The lowest BCUT2D eigenvalue weighted by Crippen LogP contribution is -2.55. The zero-order valence-corrected chi connectivity index (χ0v) is 25.8. The first kappa shape index (κ1) is 37.0. The Morgan fingerprint density at radius 3 is 1.00 bits per heavy atom. The van der Waals surface area contributed by atoms with Gasteiger partial charge in [-0.05, 0) is 0 Å². The molecule has 0 fully saturated rings. The summed E-state index contributed by atoms with van der Waals surface area (Å²) in [5, 5.41) is 24.4. The second-order valence-electron chi connectivity index (χ2n) is 6.82. The first-order chi connectivity index (χ1) is 19.8. The first-order valence-corrected chi connectivity index (χ1v) is 14.8. The van der Waals surface area contributed by atoms with Crippen molar-refractivity contribution in [2.75, 3.05) is 37.1 Å². The predicted octanol–water partition coefficient (Wildman–Crippen LogP) is -0.676. The van der Waals surface area contributed by atoms with Crippen molar-refractivity contribution in [1.29, 1.82) is 0 Å². The van der Waals surface area contributed by atoms with Crippen molar-refractivity contribution < 1.29 is 56.5 Å². The molecule has 0 aromatic carbocycles. The number of nitrogens with zero attached hydrogens (tertiary/aromatic N) is 3. The van der Waals surface area contributed by atoms with Crippen LogP contribution in [0.25, 0.3) is 0 Å². The van der Waals surface area contributed by atoms with Crippen molar-refractivity contribution in [1.82, 2.24) is 13.7 Å². The summed E-state index contributed by atoms with van der Waals surface area (Å²) >= 11 is 15.8. The summed E-state index contributed by atoms with van der Waals surface area (Å²) in [5.74, 6) is -4.78. The number of hydrogen-bond donors (Lipinski definition) is 3. The van der Waals surface area contributed by atoms with Crippen LogP contribution < -0.4 is 17.1 Å². The zero-order chi connectivity index (χ0) is 31.7. The van der Waals surface area contributed by atoms with E-state index in [1.165, 1.54) is 0 Å². The lowest BCUT2D eigenvalue weighted by atomic mass is 10.5. The molecule has 0 aliphatic heterocycles. The van der Waals surface area contributed by atoms with Gasteiger partial charge in [0.2, 0.25) is 0 Å². The van der Waals surface area contributed by atoms with E-state index in [1.807, 2.05) is 0 Å². The molecule has 0 spiro atoms. The summed E-state index contributed by atoms with van der Waals surface area (Å²) < 4.78 is 31.6. The van der Waals surface area contributed by atoms with E-state index in [4.69, 9.17) is 78.7 Å². The maximum Gasteiger partial charge on any atom is 0.364 e. The smallest absolute Gasteiger partial charge is 0.364 e. The summed E-state index contributed by atoms with van der Waals surface area (Å²) in [4.78, 5) is 70.5. The van der Waals surface area contributed by atoms with Gasteiger partial charge >= 0.3 is 50.7 Å². The molecule has 0 radical (unpaired) electrons. The van der Waals surface area contributed by atoms with Gasteiger partial charge in [-0.15, -0.1) is 0 Å². The highest BCUT2D eigenvalue weighted by Crippen LogP contribution is 2.06. The van der Waals surface area contributed by atoms with Crippen molar-refractivity contribution >= 4 is 106 Å². The molecule has 1 aromatic heterocycles. The van der Waals surface area contributed by atoms with E-state index in [0.29, 0.717) is 49.8 Å². The van der Waals surface area contributed by atoms with E-state index in [0.717, 1.165) is 0 Å². The van der Waals surface area contributed by atoms with Crippen LogP contribution in [-0.4, -0.2) is 99.7 Å². The second kappa shape index (κ2) is 20.0. The SMILES string of the molecule is O=C(O)CSOC(=S)OCCn1c(=O)n(CCOC(=S)OSCC(=O)O)c(=O)n(CCOC(=S)OSCC(=O)O)c1=O. The molecule has 1 aromatic rings. The molecule has 24 heteroatoms. The average molecular weight is 712 g/mol. The third-order valence-corrected chi connectivity index (χ3v) is 6.74. The Morgan fingerprint density at radius 1 is 0.548 bits per heavy atom. The minimum absolute atomic E-state index is 0.385. The third-order valence-electron chi connectivity index (χ3n) is 3.92. The van der Waals surface area contributed by atoms with Crippen LogP contribution in [0.3, 0.4) is 0 Å². The lowest BCUT2D eigenvalue weighted by Gasteiger charge is -2.15. The van der Waals surface area contributed by atoms with E-state index >= 15 is 0 Å². The molecular formula is C18H21N3O15S6. The highest BCUT2D eigenvalue weighted by Gasteiger charge is 2.17. The second-order valence-corrected chi connectivity index (χ2v) is 9.89. The van der Waals surface area contributed by atoms with E-state index in [2.05, 4.69) is 0 Å². The summed E-state index contributed by atoms with van der Waals surface area (Å²) in [6.45, 7) is -2.42. The summed E-state index contributed by atoms with van der Waals surface area (Å²) in [6.07, 6.45) is 0. The van der Waals surface area contributed by atoms with E-state index in [9.17, 15) is 28.8 Å². The molecule has 3 N–H and O–H groups in total. The molecule has 1 heterocycles. The van der Waals surface area contributed by atoms with Crippen LogP contribution in [0.1, 0.15) is 0 Å². The van der Waals surface area contributed by atoms with Gasteiger partial charge in [0.1, 0.15) is 37.1 Å². The van der Waals surface area contributed by atoms with Crippen molar-refractivity contribution in [3.8, 4) is 0 Å². The minimum Gasteiger partial charge on any atom is -0.481 e. The van der Waals surface area contributed by atoms with Crippen LogP contribution in [0.15, 0.2) is 14.4 Å². The van der Waals surface area contributed by atoms with Crippen molar-refractivity contribution in [3.05, 3.63) is 31.5 Å². The van der Waals surface area contributed by atoms with Crippen LogP contribution in [0.4, 0.5) is 0 Å². The molecule has 234 valence electrons. The molecule has 0 amide bonds. The number of hydrogen-bond acceptors (Lipinski definition) is 18. The number of carbonyl (C=O) groups is 3. The van der Waals surface area contributed by atoms with Crippen LogP contribution in [0.5, 0.6) is 0 Å². The summed E-state index contributed by atoms with van der Waals surface area (Å²) in [7, 11) is 0. The minimum atomic E-state index is -1.16. The van der Waals surface area contributed by atoms with Crippen LogP contribution in [0, 0.1) is 0 Å². The maximum absolute atomic E-state index is 13.0. The van der Waals surface area contributed by atoms with Crippen molar-refractivity contribution in [2.45, 2.75) is 19.6 Å². The Hall–Kier alpha value is -3.06. The van der Waals surface area contributed by atoms with Gasteiger partial charge in [-0.1, -0.05) is 0 Å². The molecule has 18 nitrogen and oxygen atoms in total. The molecule has 0 bridgehead atoms. The highest BCUT2D eigenvalue weighted by atomic mass is 32.2. The zero-order valence-electron chi connectivity index (χ0n) is 20.9. The number of carboxylic acid groups (broad SMARTS) is 3. The van der Waals surface area contributed by atoms with Gasteiger partial charge in [-0.2, -0.15) is 0 Å². The quantitative estimate of drug-likeness (QED) is 0.126. The first-order valence-electron chi connectivity index (χ1n) is 10.8. The summed E-state index contributed by atoms with van der Waals surface area (Å²) in [5.41, 5.74) is -3.17. The van der Waals surface area contributed by atoms with E-state index in [1.54, 1.807) is 0 Å². The third kappa shape index (κ3) is 14.7. The lowest BCUT2D eigenvalue weighted by molar-refractivity contribution is -0.135. The van der Waals surface area contributed by atoms with Gasteiger partial charge in [0.05, 0.1) is 55.8 Å². The van der Waals surface area contributed by atoms with Gasteiger partial charge < -0.3 is 42.1 Å². The number of ether oxygens (including phenoxy) is 3. The Labute approximate surface area is 263 Å². The number of aliphatic carboxylic acids is 3. The largest absolute Gasteiger partial charge is 0.481 e. The molecular weight excluding hydrogens is 691 g/mol. The number of aromatic nitrogens is 3. The Bertz CT molecular complexity index is 1140. The van der Waals surface area contributed by atoms with Gasteiger partial charge in [-0.25, -0.2) is 28.1 Å². The molecule has 0 atom stereocenters. The van der Waals surface area contributed by atoms with Crippen LogP contribution in [0.2, 0.25) is 0 Å². The fourth-order valence-corrected chi connectivity index (χ4v) is 3.97. The van der Waals surface area contributed by atoms with E-state index in [-0.39, 0.29) is 19.8 Å². The monoisotopic (exact) mass is 711 g/mol. The molecule has 1 rings (SSSR count). The van der Waals surface area contributed by atoms with Crippen molar-refractivity contribution in [3.63, 3.8) is 0 Å². The van der Waals surface area contributed by atoms with Crippen LogP contribution in [-0.2, 0) is 60.8 Å². The topological polar surface area (TPSA) is 233 Å². The maximum atomic E-state index is 13.0. The van der Waals surface area contributed by atoms with Gasteiger partial charge in [-0.3, -0.25) is 14.4 Å². The fraction of sp³-hybridized carbons (Fsp3) is 0.500. The van der Waals surface area contributed by atoms with Gasteiger partial charge in [0.25, 0.3) is 0 Å². The Morgan fingerprint density at radius 2 is 0.786 bits per heavy atom. The van der Waals surface area contributed by atoms with Crippen LogP contribution >= 0.6 is 72.8 Å². The molecule has 0 saturated heterocycles. The molecule has 42 heavy (non-hydrogen) atoms. The molecule has 0 aliphatic rings. The number of carboxylic acids is 3. The average Bonchev–Trinajstić information content (AvgIpc) is 2.89. The van der Waals surface area contributed by atoms with Gasteiger partial charge in [0.15, 0.2) is 0 Å². The van der Waals surface area contributed by atoms with Crippen molar-refractivity contribution in [2.24, 2.45) is 0 Å². The standard InChI is InChI=1S/C18H21N3O15S6/c22-10(23)7-40-34-16(37)31-4-1-19-13(28)20(2-5-32-17(38)35-41-8-11(24)25)15(30)21(14(19)29)3-6-33-18(39)36-42-9-12(26)27/h1-9H2,(H,22,23)(H,24,25)(H,26,27). The highest BCUT2D eigenvalue weighted by molar-refractivity contribution is 7.97. The Balaban J connectivity index is 3.01. The van der Waals surface area contributed by atoms with E-state index < -0.39 is 87.6 Å². The normalized spacial score (nSPS) is 10.3. The van der Waals surface area contributed by atoms with Gasteiger partial charge in [0, 0.05) is 36.7 Å². The molecule has 0 saturated carbocycles. The Kier molecular flexibility index (Phi) is 17.6. The predicted molar refractivity (Wildman–Crippen MR) is 158 cm³/mol.